The SMILES string of the molecule is COc1ccc(-c2nnc(SCC(=O)NC(C)C)o2)cc1OC. The third-order valence-corrected chi connectivity index (χ3v) is 3.63. The van der Waals surface area contributed by atoms with Gasteiger partial charge in [-0.15, -0.1) is 10.2 Å². The predicted molar refractivity (Wildman–Crippen MR) is 86.8 cm³/mol. The van der Waals surface area contributed by atoms with Crippen molar-refractivity contribution in [2.75, 3.05) is 20.0 Å². The molecule has 0 aliphatic carbocycles. The minimum atomic E-state index is -0.0733. The van der Waals surface area contributed by atoms with Gasteiger partial charge in [-0.1, -0.05) is 11.8 Å². The maximum atomic E-state index is 11.6. The summed E-state index contributed by atoms with van der Waals surface area (Å²) in [6.45, 7) is 3.81. The maximum Gasteiger partial charge on any atom is 0.277 e. The zero-order valence-corrected chi connectivity index (χ0v) is 14.3. The van der Waals surface area contributed by atoms with E-state index in [0.717, 1.165) is 0 Å². The molecule has 0 aliphatic heterocycles. The van der Waals surface area contributed by atoms with Crippen LogP contribution in [0.15, 0.2) is 27.8 Å². The molecule has 1 aromatic carbocycles. The molecular weight excluding hydrogens is 318 g/mol. The van der Waals surface area contributed by atoms with Gasteiger partial charge in [0.2, 0.25) is 11.8 Å². The molecule has 0 saturated heterocycles. The molecule has 1 heterocycles. The molecule has 8 heteroatoms. The van der Waals surface area contributed by atoms with Gasteiger partial charge in [0.15, 0.2) is 11.5 Å². The van der Waals surface area contributed by atoms with Crippen LogP contribution in [0.5, 0.6) is 11.5 Å². The molecule has 124 valence electrons. The summed E-state index contributed by atoms with van der Waals surface area (Å²) < 4.78 is 16.0. The number of nitrogens with one attached hydrogen (secondary N) is 1. The Balaban J connectivity index is 2.06. The van der Waals surface area contributed by atoms with Crippen molar-refractivity contribution in [1.29, 1.82) is 0 Å². The molecule has 7 nitrogen and oxygen atoms in total. The number of methoxy groups -OCH3 is 2. The van der Waals surface area contributed by atoms with E-state index < -0.39 is 0 Å². The quantitative estimate of drug-likeness (QED) is 0.776. The number of rotatable bonds is 7. The fourth-order valence-electron chi connectivity index (χ4n) is 1.84. The second-order valence-electron chi connectivity index (χ2n) is 4.95. The highest BCUT2D eigenvalue weighted by Gasteiger charge is 2.13. The summed E-state index contributed by atoms with van der Waals surface area (Å²) in [5.41, 5.74) is 0.716. The van der Waals surface area contributed by atoms with Gasteiger partial charge in [0.05, 0.1) is 20.0 Å². The lowest BCUT2D eigenvalue weighted by molar-refractivity contribution is -0.119. The molecule has 2 aromatic rings. The first-order valence-corrected chi connectivity index (χ1v) is 8.00. The van der Waals surface area contributed by atoms with Crippen LogP contribution in [-0.4, -0.2) is 42.1 Å². The van der Waals surface area contributed by atoms with Crippen LogP contribution in [0.3, 0.4) is 0 Å². The Kier molecular flexibility index (Phi) is 5.86. The van der Waals surface area contributed by atoms with E-state index in [0.29, 0.717) is 28.2 Å². The molecule has 2 rings (SSSR count). The number of benzene rings is 1. The molecule has 0 aliphatic rings. The highest BCUT2D eigenvalue weighted by Crippen LogP contribution is 2.32. The summed E-state index contributed by atoms with van der Waals surface area (Å²) in [7, 11) is 3.13. The van der Waals surface area contributed by atoms with Crippen molar-refractivity contribution in [3.63, 3.8) is 0 Å². The standard InChI is InChI=1S/C15H19N3O4S/c1-9(2)16-13(19)8-23-15-18-17-14(22-15)10-5-6-11(20-3)12(7-10)21-4/h5-7,9H,8H2,1-4H3,(H,16,19). The number of aromatic nitrogens is 2. The molecule has 0 unspecified atom stereocenters. The topological polar surface area (TPSA) is 86.5 Å². The summed E-state index contributed by atoms with van der Waals surface area (Å²) in [4.78, 5) is 11.6. The molecule has 0 spiro atoms. The van der Waals surface area contributed by atoms with Crippen LogP contribution in [-0.2, 0) is 4.79 Å². The van der Waals surface area contributed by atoms with E-state index in [9.17, 15) is 4.79 Å². The molecule has 0 saturated carbocycles. The summed E-state index contributed by atoms with van der Waals surface area (Å²) in [6, 6.07) is 5.43. The van der Waals surface area contributed by atoms with Gasteiger partial charge in [-0.25, -0.2) is 0 Å². The third-order valence-electron chi connectivity index (χ3n) is 2.81. The zero-order valence-electron chi connectivity index (χ0n) is 13.5. The summed E-state index contributed by atoms with van der Waals surface area (Å²) >= 11 is 1.20. The van der Waals surface area contributed by atoms with Crippen molar-refractivity contribution in [2.45, 2.75) is 25.1 Å². The Morgan fingerprint density at radius 3 is 2.65 bits per heavy atom. The number of hydrogen-bond acceptors (Lipinski definition) is 7. The minimum Gasteiger partial charge on any atom is -0.493 e. The minimum absolute atomic E-state index is 0.0733. The lowest BCUT2D eigenvalue weighted by atomic mass is 10.2. The van der Waals surface area contributed by atoms with Gasteiger partial charge in [0.25, 0.3) is 5.22 Å². The molecule has 1 aromatic heterocycles. The fraction of sp³-hybridized carbons (Fsp3) is 0.400. The Bertz CT molecular complexity index is 672. The van der Waals surface area contributed by atoms with Gasteiger partial charge in [-0.3, -0.25) is 4.79 Å². The third kappa shape index (κ3) is 4.62. The molecule has 0 fully saturated rings. The molecular formula is C15H19N3O4S. The number of hydrogen-bond donors (Lipinski definition) is 1. The molecule has 1 N–H and O–H groups in total. The predicted octanol–water partition coefficient (Wildman–Crippen LogP) is 2.37. The van der Waals surface area contributed by atoms with Crippen molar-refractivity contribution >= 4 is 17.7 Å². The van der Waals surface area contributed by atoms with Crippen LogP contribution in [0, 0.1) is 0 Å². The number of carbonyl (C=O) groups excluding carboxylic acids is 1. The van der Waals surface area contributed by atoms with Gasteiger partial charge in [-0.05, 0) is 32.0 Å². The van der Waals surface area contributed by atoms with E-state index in [2.05, 4.69) is 15.5 Å². The van der Waals surface area contributed by atoms with Crippen LogP contribution < -0.4 is 14.8 Å². The van der Waals surface area contributed by atoms with Crippen LogP contribution in [0.25, 0.3) is 11.5 Å². The average molecular weight is 337 g/mol. The van der Waals surface area contributed by atoms with E-state index in [1.54, 1.807) is 32.4 Å². The summed E-state index contributed by atoms with van der Waals surface area (Å²) in [5.74, 6) is 1.71. The van der Waals surface area contributed by atoms with Crippen molar-refractivity contribution in [1.82, 2.24) is 15.5 Å². The van der Waals surface area contributed by atoms with Crippen LogP contribution in [0.4, 0.5) is 0 Å². The van der Waals surface area contributed by atoms with Gasteiger partial charge < -0.3 is 19.2 Å². The average Bonchev–Trinajstić information content (AvgIpc) is 3.00. The molecule has 0 radical (unpaired) electrons. The zero-order chi connectivity index (χ0) is 16.8. The number of carbonyl (C=O) groups is 1. The van der Waals surface area contributed by atoms with Gasteiger partial charge in [0, 0.05) is 11.6 Å². The number of amides is 1. The summed E-state index contributed by atoms with van der Waals surface area (Å²) in [6.07, 6.45) is 0. The second kappa shape index (κ2) is 7.87. The van der Waals surface area contributed by atoms with Gasteiger partial charge >= 0.3 is 0 Å². The molecule has 23 heavy (non-hydrogen) atoms. The van der Waals surface area contributed by atoms with Crippen LogP contribution >= 0.6 is 11.8 Å². The summed E-state index contributed by atoms with van der Waals surface area (Å²) in [5, 5.41) is 11.1. The maximum absolute atomic E-state index is 11.6. The monoisotopic (exact) mass is 337 g/mol. The Hall–Kier alpha value is -2.22. The molecule has 0 atom stereocenters. The second-order valence-corrected chi connectivity index (χ2v) is 5.88. The number of nitrogens with zero attached hydrogens (tertiary/aromatic N) is 2. The lowest BCUT2D eigenvalue weighted by Gasteiger charge is -2.07. The van der Waals surface area contributed by atoms with Crippen molar-refractivity contribution in [3.8, 4) is 23.0 Å². The van der Waals surface area contributed by atoms with Crippen LogP contribution in [0.2, 0.25) is 0 Å². The van der Waals surface area contributed by atoms with E-state index in [1.807, 2.05) is 13.8 Å². The van der Waals surface area contributed by atoms with Crippen molar-refractivity contribution in [3.05, 3.63) is 18.2 Å². The number of ether oxygens (including phenoxy) is 2. The van der Waals surface area contributed by atoms with E-state index in [4.69, 9.17) is 13.9 Å². The Morgan fingerprint density at radius 1 is 1.26 bits per heavy atom. The first kappa shape index (κ1) is 17.1. The van der Waals surface area contributed by atoms with Crippen molar-refractivity contribution < 1.29 is 18.7 Å². The fourth-order valence-corrected chi connectivity index (χ4v) is 2.42. The first-order valence-electron chi connectivity index (χ1n) is 7.01. The smallest absolute Gasteiger partial charge is 0.277 e. The van der Waals surface area contributed by atoms with Crippen molar-refractivity contribution in [2.24, 2.45) is 0 Å². The van der Waals surface area contributed by atoms with Gasteiger partial charge in [-0.2, -0.15) is 0 Å². The Labute approximate surface area is 138 Å². The van der Waals surface area contributed by atoms with E-state index >= 15 is 0 Å². The van der Waals surface area contributed by atoms with Gasteiger partial charge in [0.1, 0.15) is 0 Å². The van der Waals surface area contributed by atoms with E-state index in [-0.39, 0.29) is 17.7 Å². The lowest BCUT2D eigenvalue weighted by Crippen LogP contribution is -2.31. The molecule has 1 amide bonds. The van der Waals surface area contributed by atoms with Crippen LogP contribution in [0.1, 0.15) is 13.8 Å². The van der Waals surface area contributed by atoms with E-state index in [1.165, 1.54) is 11.8 Å². The highest BCUT2D eigenvalue weighted by molar-refractivity contribution is 7.99. The Morgan fingerprint density at radius 2 is 2.00 bits per heavy atom. The normalized spacial score (nSPS) is 10.7. The number of thioether (sulfide) groups is 1. The largest absolute Gasteiger partial charge is 0.493 e. The first-order chi connectivity index (χ1) is 11.0. The highest BCUT2D eigenvalue weighted by atomic mass is 32.2. The molecule has 0 bridgehead atoms.